The lowest BCUT2D eigenvalue weighted by Gasteiger charge is -2.08. The second-order valence-electron chi connectivity index (χ2n) is 3.61. The summed E-state index contributed by atoms with van der Waals surface area (Å²) in [4.78, 5) is 11.4. The Bertz CT molecular complexity index is 436. The molecule has 17 heavy (non-hydrogen) atoms. The molecule has 0 unspecified atom stereocenters. The van der Waals surface area contributed by atoms with Crippen molar-refractivity contribution in [3.05, 3.63) is 47.5 Å². The fraction of sp³-hybridized carbons (Fsp3) is 0.250. The summed E-state index contributed by atoms with van der Waals surface area (Å²) >= 11 is 0. The molecule has 0 N–H and O–H groups in total. The van der Waals surface area contributed by atoms with Crippen LogP contribution in [0, 0.1) is 0 Å². The second kappa shape index (κ2) is 5.03. The molecule has 0 radical (unpaired) electrons. The van der Waals surface area contributed by atoms with E-state index in [9.17, 15) is 18.0 Å². The number of halogens is 3. The summed E-state index contributed by atoms with van der Waals surface area (Å²) in [6.07, 6.45) is -4.47. The number of alkyl halides is 3. The average molecular weight is 244 g/mol. The van der Waals surface area contributed by atoms with Crippen LogP contribution in [0.5, 0.6) is 0 Å². The molecular formula is C12H11F3O2. The van der Waals surface area contributed by atoms with Gasteiger partial charge in [-0.25, -0.2) is 4.79 Å². The highest BCUT2D eigenvalue weighted by molar-refractivity contribution is 5.89. The molecule has 92 valence electrons. The first kappa shape index (κ1) is 13.3. The Labute approximate surface area is 96.7 Å². The fourth-order valence-electron chi connectivity index (χ4n) is 1.09. The molecule has 0 aromatic heterocycles. The lowest BCUT2D eigenvalue weighted by atomic mass is 10.1. The maximum Gasteiger partial charge on any atom is 0.416 e. The van der Waals surface area contributed by atoms with Gasteiger partial charge in [0, 0.05) is 0 Å². The number of hydrogen-bond donors (Lipinski definition) is 0. The van der Waals surface area contributed by atoms with Crippen LogP contribution >= 0.6 is 0 Å². The Morgan fingerprint density at radius 3 is 2.59 bits per heavy atom. The molecular weight excluding hydrogens is 233 g/mol. The van der Waals surface area contributed by atoms with E-state index in [0.717, 1.165) is 12.1 Å². The normalized spacial score (nSPS) is 11.1. The van der Waals surface area contributed by atoms with E-state index in [1.165, 1.54) is 12.1 Å². The smallest absolute Gasteiger partial charge is 0.416 e. The Morgan fingerprint density at radius 1 is 1.41 bits per heavy atom. The Balaban J connectivity index is 2.85. The van der Waals surface area contributed by atoms with Crippen molar-refractivity contribution in [2.45, 2.75) is 13.1 Å². The molecule has 0 aliphatic carbocycles. The van der Waals surface area contributed by atoms with Crippen LogP contribution in [0.15, 0.2) is 36.4 Å². The first-order valence-electron chi connectivity index (χ1n) is 4.79. The molecule has 0 fully saturated rings. The molecule has 0 amide bonds. The van der Waals surface area contributed by atoms with Gasteiger partial charge in [0.25, 0.3) is 0 Å². The molecule has 1 aromatic carbocycles. The van der Waals surface area contributed by atoms with Crippen LogP contribution in [0.2, 0.25) is 0 Å². The molecule has 1 aromatic rings. The summed E-state index contributed by atoms with van der Waals surface area (Å²) < 4.78 is 41.9. The van der Waals surface area contributed by atoms with Crippen LogP contribution in [0.25, 0.3) is 0 Å². The van der Waals surface area contributed by atoms with Crippen LogP contribution < -0.4 is 0 Å². The van der Waals surface area contributed by atoms with Crippen molar-refractivity contribution >= 4 is 5.97 Å². The van der Waals surface area contributed by atoms with Crippen LogP contribution in [0.1, 0.15) is 22.8 Å². The van der Waals surface area contributed by atoms with Crippen molar-refractivity contribution in [2.24, 2.45) is 0 Å². The van der Waals surface area contributed by atoms with Crippen molar-refractivity contribution in [1.29, 1.82) is 0 Å². The second-order valence-corrected chi connectivity index (χ2v) is 3.61. The van der Waals surface area contributed by atoms with E-state index in [-0.39, 0.29) is 12.2 Å². The number of hydrogen-bond acceptors (Lipinski definition) is 2. The molecule has 5 heteroatoms. The predicted octanol–water partition coefficient (Wildman–Crippen LogP) is 3.44. The van der Waals surface area contributed by atoms with E-state index < -0.39 is 17.7 Å². The van der Waals surface area contributed by atoms with E-state index >= 15 is 0 Å². The Morgan fingerprint density at radius 2 is 2.06 bits per heavy atom. The van der Waals surface area contributed by atoms with Gasteiger partial charge in [0.1, 0.15) is 6.61 Å². The zero-order valence-electron chi connectivity index (χ0n) is 9.17. The third-order valence-corrected chi connectivity index (χ3v) is 1.88. The summed E-state index contributed by atoms with van der Waals surface area (Å²) in [7, 11) is 0. The number of carbonyl (C=O) groups is 1. The van der Waals surface area contributed by atoms with Gasteiger partial charge in [-0.15, -0.1) is 0 Å². The topological polar surface area (TPSA) is 26.3 Å². The first-order valence-corrected chi connectivity index (χ1v) is 4.79. The molecule has 0 aliphatic rings. The maximum absolute atomic E-state index is 12.4. The highest BCUT2D eigenvalue weighted by atomic mass is 19.4. The van der Waals surface area contributed by atoms with Gasteiger partial charge in [0.05, 0.1) is 11.1 Å². The summed E-state index contributed by atoms with van der Waals surface area (Å²) in [5.41, 5.74) is -0.381. The quantitative estimate of drug-likeness (QED) is 0.601. The fourth-order valence-corrected chi connectivity index (χ4v) is 1.09. The van der Waals surface area contributed by atoms with Gasteiger partial charge in [0.15, 0.2) is 0 Å². The monoisotopic (exact) mass is 244 g/mol. The number of benzene rings is 1. The SMILES string of the molecule is C=C(C)COC(=O)c1cccc(C(F)(F)F)c1. The highest BCUT2D eigenvalue weighted by Crippen LogP contribution is 2.29. The maximum atomic E-state index is 12.4. The highest BCUT2D eigenvalue weighted by Gasteiger charge is 2.31. The van der Waals surface area contributed by atoms with E-state index in [1.54, 1.807) is 6.92 Å². The van der Waals surface area contributed by atoms with Crippen molar-refractivity contribution in [3.63, 3.8) is 0 Å². The lowest BCUT2D eigenvalue weighted by molar-refractivity contribution is -0.137. The third kappa shape index (κ3) is 3.94. The number of ether oxygens (including phenoxy) is 1. The molecule has 0 aliphatic heterocycles. The molecule has 2 nitrogen and oxygen atoms in total. The lowest BCUT2D eigenvalue weighted by Crippen LogP contribution is -2.10. The van der Waals surface area contributed by atoms with Gasteiger partial charge in [-0.1, -0.05) is 12.6 Å². The van der Waals surface area contributed by atoms with E-state index in [2.05, 4.69) is 6.58 Å². The summed E-state index contributed by atoms with van der Waals surface area (Å²) in [5, 5.41) is 0. The summed E-state index contributed by atoms with van der Waals surface area (Å²) in [6.45, 7) is 5.17. The van der Waals surface area contributed by atoms with Crippen molar-refractivity contribution < 1.29 is 22.7 Å². The molecule has 1 rings (SSSR count). The minimum absolute atomic E-state index is 0.00488. The predicted molar refractivity (Wildman–Crippen MR) is 56.5 cm³/mol. The summed E-state index contributed by atoms with van der Waals surface area (Å²) in [6, 6.07) is 4.10. The van der Waals surface area contributed by atoms with Crippen LogP contribution in [0.3, 0.4) is 0 Å². The van der Waals surface area contributed by atoms with Gasteiger partial charge >= 0.3 is 12.1 Å². The van der Waals surface area contributed by atoms with Crippen LogP contribution in [-0.2, 0) is 10.9 Å². The Kier molecular flexibility index (Phi) is 3.93. The van der Waals surface area contributed by atoms with E-state index in [0.29, 0.717) is 5.57 Å². The van der Waals surface area contributed by atoms with E-state index in [4.69, 9.17) is 4.74 Å². The minimum Gasteiger partial charge on any atom is -0.458 e. The van der Waals surface area contributed by atoms with Crippen molar-refractivity contribution in [3.8, 4) is 0 Å². The zero-order valence-corrected chi connectivity index (χ0v) is 9.17. The third-order valence-electron chi connectivity index (χ3n) is 1.88. The Hall–Kier alpha value is -1.78. The minimum atomic E-state index is -4.47. The molecule has 0 saturated heterocycles. The van der Waals surface area contributed by atoms with Crippen molar-refractivity contribution in [2.75, 3.05) is 6.61 Å². The van der Waals surface area contributed by atoms with Gasteiger partial charge < -0.3 is 4.74 Å². The number of carbonyl (C=O) groups excluding carboxylic acids is 1. The van der Waals surface area contributed by atoms with Gasteiger partial charge in [0.2, 0.25) is 0 Å². The number of rotatable bonds is 3. The molecule has 0 atom stereocenters. The molecule has 0 bridgehead atoms. The molecule has 0 saturated carbocycles. The number of esters is 1. The molecule has 0 spiro atoms. The standard InChI is InChI=1S/C12H11F3O2/c1-8(2)7-17-11(16)9-4-3-5-10(6-9)12(13,14)15/h3-6H,1,7H2,2H3. The van der Waals surface area contributed by atoms with Crippen LogP contribution in [-0.4, -0.2) is 12.6 Å². The van der Waals surface area contributed by atoms with Gasteiger partial charge in [-0.2, -0.15) is 13.2 Å². The van der Waals surface area contributed by atoms with Crippen molar-refractivity contribution in [1.82, 2.24) is 0 Å². The zero-order chi connectivity index (χ0) is 13.1. The molecule has 0 heterocycles. The van der Waals surface area contributed by atoms with E-state index in [1.807, 2.05) is 0 Å². The largest absolute Gasteiger partial charge is 0.458 e. The van der Waals surface area contributed by atoms with Crippen LogP contribution in [0.4, 0.5) is 13.2 Å². The summed E-state index contributed by atoms with van der Waals surface area (Å²) in [5.74, 6) is -0.793. The first-order chi connectivity index (χ1) is 7.80. The van der Waals surface area contributed by atoms with Gasteiger partial charge in [-0.05, 0) is 30.7 Å². The van der Waals surface area contributed by atoms with Gasteiger partial charge in [-0.3, -0.25) is 0 Å². The average Bonchev–Trinajstić information content (AvgIpc) is 2.25.